The summed E-state index contributed by atoms with van der Waals surface area (Å²) in [6.07, 6.45) is 3.69. The van der Waals surface area contributed by atoms with E-state index < -0.39 is 4.87 Å². The third-order valence-corrected chi connectivity index (χ3v) is 6.21. The van der Waals surface area contributed by atoms with Gasteiger partial charge in [0.05, 0.1) is 0 Å². The van der Waals surface area contributed by atoms with Crippen molar-refractivity contribution in [1.82, 2.24) is 4.90 Å². The number of carbonyl (C=O) groups excluding carboxylic acids is 1. The summed E-state index contributed by atoms with van der Waals surface area (Å²) in [5, 5.41) is 0.00548. The quantitative estimate of drug-likeness (QED) is 0.763. The maximum absolute atomic E-state index is 12.9. The van der Waals surface area contributed by atoms with Crippen LogP contribution >= 0.6 is 23.2 Å². The molecular formula is C17H21Cl2NO. The number of likely N-dealkylation sites (tertiary alicyclic amines) is 1. The summed E-state index contributed by atoms with van der Waals surface area (Å²) in [5.74, 6) is 0.133. The molecule has 21 heavy (non-hydrogen) atoms. The highest BCUT2D eigenvalue weighted by atomic mass is 35.5. The number of rotatable bonds is 3. The lowest BCUT2D eigenvalue weighted by Gasteiger charge is -2.36. The smallest absolute Gasteiger partial charge is 0.244 e. The number of benzene rings is 1. The summed E-state index contributed by atoms with van der Waals surface area (Å²) in [4.78, 5) is 14.1. The van der Waals surface area contributed by atoms with Gasteiger partial charge in [-0.2, -0.15) is 0 Å². The summed E-state index contributed by atoms with van der Waals surface area (Å²) in [7, 11) is 0. The molecule has 0 radical (unpaired) electrons. The lowest BCUT2D eigenvalue weighted by Crippen LogP contribution is -2.43. The van der Waals surface area contributed by atoms with Crippen LogP contribution in [0.25, 0.3) is 0 Å². The molecule has 0 spiro atoms. The van der Waals surface area contributed by atoms with Crippen molar-refractivity contribution in [1.29, 1.82) is 0 Å². The molecule has 1 aliphatic heterocycles. The molecular weight excluding hydrogens is 305 g/mol. The number of nitrogens with zero attached hydrogens (tertiary/aromatic N) is 1. The Labute approximate surface area is 136 Å². The fraction of sp³-hybridized carbons (Fsp3) is 0.588. The molecule has 1 aromatic rings. The molecule has 4 atom stereocenters. The Balaban J connectivity index is 1.92. The minimum absolute atomic E-state index is 0.00548. The number of alkyl halides is 2. The third-order valence-electron chi connectivity index (χ3n) is 5.04. The number of halogens is 2. The van der Waals surface area contributed by atoms with Gasteiger partial charge in [-0.05, 0) is 31.2 Å². The first-order valence-electron chi connectivity index (χ1n) is 7.76. The first-order valence-corrected chi connectivity index (χ1v) is 8.57. The van der Waals surface area contributed by atoms with Gasteiger partial charge in [0.2, 0.25) is 5.91 Å². The van der Waals surface area contributed by atoms with Crippen molar-refractivity contribution in [3.63, 3.8) is 0 Å². The predicted octanol–water partition coefficient (Wildman–Crippen LogP) is 4.19. The third kappa shape index (κ3) is 2.47. The van der Waals surface area contributed by atoms with Gasteiger partial charge < -0.3 is 4.90 Å². The zero-order valence-corrected chi connectivity index (χ0v) is 13.8. The monoisotopic (exact) mass is 325 g/mol. The molecule has 2 aliphatic rings. The van der Waals surface area contributed by atoms with Crippen LogP contribution in [0.3, 0.4) is 0 Å². The van der Waals surface area contributed by atoms with Crippen molar-refractivity contribution < 1.29 is 4.79 Å². The SMILES string of the molecule is CCC1(Cl)C(=O)N(Cc2ccccc2)[C@@H]2CCCC(Cl)[C@@H]21. The number of fused-ring (bicyclic) bond motifs is 1. The van der Waals surface area contributed by atoms with Gasteiger partial charge in [-0.25, -0.2) is 0 Å². The number of hydrogen-bond donors (Lipinski definition) is 0. The number of hydrogen-bond acceptors (Lipinski definition) is 1. The Hall–Kier alpha value is -0.730. The molecule has 1 amide bonds. The molecule has 3 rings (SSSR count). The van der Waals surface area contributed by atoms with E-state index in [2.05, 4.69) is 12.1 Å². The van der Waals surface area contributed by atoms with E-state index in [0.717, 1.165) is 24.8 Å². The summed E-state index contributed by atoms with van der Waals surface area (Å²) in [6.45, 7) is 2.63. The molecule has 1 saturated heterocycles. The van der Waals surface area contributed by atoms with Crippen molar-refractivity contribution in [2.45, 2.75) is 55.4 Å². The molecule has 114 valence electrons. The van der Waals surface area contributed by atoms with E-state index >= 15 is 0 Å². The molecule has 2 fully saturated rings. The zero-order valence-electron chi connectivity index (χ0n) is 12.3. The van der Waals surface area contributed by atoms with Gasteiger partial charge in [0.1, 0.15) is 4.87 Å². The normalized spacial score (nSPS) is 35.9. The minimum atomic E-state index is -0.813. The van der Waals surface area contributed by atoms with Gasteiger partial charge in [0, 0.05) is 23.9 Å². The van der Waals surface area contributed by atoms with Gasteiger partial charge >= 0.3 is 0 Å². The maximum Gasteiger partial charge on any atom is 0.244 e. The van der Waals surface area contributed by atoms with E-state index in [0.29, 0.717) is 13.0 Å². The molecule has 2 unspecified atom stereocenters. The molecule has 0 bridgehead atoms. The standard InChI is InChI=1S/C17H21Cl2NO/c1-2-17(19)15-13(18)9-6-10-14(15)20(16(17)21)11-12-7-4-3-5-8-12/h3-5,7-8,13-15H,2,6,9-11H2,1H3/t13?,14-,15+,17?/m1/s1. The van der Waals surface area contributed by atoms with Crippen molar-refractivity contribution in [2.24, 2.45) is 5.92 Å². The molecule has 1 saturated carbocycles. The van der Waals surface area contributed by atoms with Crippen LogP contribution in [-0.2, 0) is 11.3 Å². The van der Waals surface area contributed by atoms with Crippen molar-refractivity contribution in [3.8, 4) is 0 Å². The van der Waals surface area contributed by atoms with Crippen LogP contribution in [0.5, 0.6) is 0 Å². The molecule has 0 N–H and O–H groups in total. The molecule has 2 nitrogen and oxygen atoms in total. The summed E-state index contributed by atoms with van der Waals surface area (Å²) in [5.41, 5.74) is 1.15. The molecule has 1 heterocycles. The number of amides is 1. The van der Waals surface area contributed by atoms with Crippen molar-refractivity contribution in [3.05, 3.63) is 35.9 Å². The Kier molecular flexibility index (Phi) is 4.20. The average Bonchev–Trinajstić information content (AvgIpc) is 2.72. The lowest BCUT2D eigenvalue weighted by atomic mass is 9.77. The molecule has 0 aromatic heterocycles. The highest BCUT2D eigenvalue weighted by Crippen LogP contribution is 2.50. The highest BCUT2D eigenvalue weighted by molar-refractivity contribution is 6.36. The van der Waals surface area contributed by atoms with Crippen LogP contribution in [0.2, 0.25) is 0 Å². The Bertz CT molecular complexity index is 521. The Morgan fingerprint density at radius 3 is 2.67 bits per heavy atom. The van der Waals surface area contributed by atoms with E-state index in [1.165, 1.54) is 0 Å². The van der Waals surface area contributed by atoms with E-state index in [1.54, 1.807) is 0 Å². The molecule has 1 aliphatic carbocycles. The van der Waals surface area contributed by atoms with E-state index in [1.807, 2.05) is 30.0 Å². The predicted molar refractivity (Wildman–Crippen MR) is 86.6 cm³/mol. The summed E-state index contributed by atoms with van der Waals surface area (Å²) < 4.78 is 0. The maximum atomic E-state index is 12.9. The fourth-order valence-corrected chi connectivity index (χ4v) is 4.96. The second-order valence-corrected chi connectivity index (χ2v) is 7.41. The van der Waals surface area contributed by atoms with E-state index in [9.17, 15) is 4.79 Å². The van der Waals surface area contributed by atoms with Crippen molar-refractivity contribution >= 4 is 29.1 Å². The van der Waals surface area contributed by atoms with Crippen LogP contribution in [0.4, 0.5) is 0 Å². The van der Waals surface area contributed by atoms with Gasteiger partial charge in [0.25, 0.3) is 0 Å². The van der Waals surface area contributed by atoms with Crippen LogP contribution < -0.4 is 0 Å². The topological polar surface area (TPSA) is 20.3 Å². The summed E-state index contributed by atoms with van der Waals surface area (Å²) >= 11 is 13.3. The van der Waals surface area contributed by atoms with E-state index in [4.69, 9.17) is 23.2 Å². The zero-order chi connectivity index (χ0) is 15.0. The second kappa shape index (κ2) is 5.81. The Morgan fingerprint density at radius 1 is 1.29 bits per heavy atom. The van der Waals surface area contributed by atoms with Crippen molar-refractivity contribution in [2.75, 3.05) is 0 Å². The van der Waals surface area contributed by atoms with E-state index in [-0.39, 0.29) is 23.2 Å². The molecule has 1 aromatic carbocycles. The largest absolute Gasteiger partial charge is 0.333 e. The highest BCUT2D eigenvalue weighted by Gasteiger charge is 2.60. The van der Waals surface area contributed by atoms with Crippen LogP contribution in [0, 0.1) is 5.92 Å². The second-order valence-electron chi connectivity index (χ2n) is 6.17. The molecule has 4 heteroatoms. The average molecular weight is 326 g/mol. The minimum Gasteiger partial charge on any atom is -0.333 e. The van der Waals surface area contributed by atoms with Crippen LogP contribution in [0.15, 0.2) is 30.3 Å². The first-order chi connectivity index (χ1) is 10.1. The fourth-order valence-electron chi connectivity index (χ4n) is 3.95. The Morgan fingerprint density at radius 2 is 2.00 bits per heavy atom. The summed E-state index contributed by atoms with van der Waals surface area (Å²) in [6, 6.07) is 10.3. The first kappa shape index (κ1) is 15.2. The van der Waals surface area contributed by atoms with Crippen LogP contribution in [0.1, 0.15) is 38.2 Å². The van der Waals surface area contributed by atoms with Gasteiger partial charge in [0.15, 0.2) is 0 Å². The van der Waals surface area contributed by atoms with Gasteiger partial charge in [-0.1, -0.05) is 37.3 Å². The lowest BCUT2D eigenvalue weighted by molar-refractivity contribution is -0.131. The van der Waals surface area contributed by atoms with Crippen LogP contribution in [-0.4, -0.2) is 27.1 Å². The number of carbonyl (C=O) groups is 1. The van der Waals surface area contributed by atoms with Gasteiger partial charge in [-0.3, -0.25) is 4.79 Å². The van der Waals surface area contributed by atoms with Gasteiger partial charge in [-0.15, -0.1) is 23.2 Å².